The molecule has 0 spiro atoms. The van der Waals surface area contributed by atoms with Crippen molar-refractivity contribution in [3.05, 3.63) is 70.9 Å². The van der Waals surface area contributed by atoms with E-state index in [0.29, 0.717) is 17.2 Å². The second-order valence-corrected chi connectivity index (χ2v) is 8.12. The van der Waals surface area contributed by atoms with E-state index in [1.54, 1.807) is 43.5 Å². The van der Waals surface area contributed by atoms with Crippen LogP contribution in [0, 0.1) is 0 Å². The van der Waals surface area contributed by atoms with Crippen molar-refractivity contribution in [3.8, 4) is 0 Å². The summed E-state index contributed by atoms with van der Waals surface area (Å²) in [6, 6.07) is 10.2. The van der Waals surface area contributed by atoms with Gasteiger partial charge in [-0.1, -0.05) is 42.4 Å². The van der Waals surface area contributed by atoms with Crippen LogP contribution in [0.25, 0.3) is 6.08 Å². The largest absolute Gasteiger partial charge is 0.387 e. The van der Waals surface area contributed by atoms with Crippen molar-refractivity contribution in [2.24, 2.45) is 10.7 Å². The summed E-state index contributed by atoms with van der Waals surface area (Å²) >= 11 is 7.00. The first-order valence-electron chi connectivity index (χ1n) is 9.66. The predicted molar refractivity (Wildman–Crippen MR) is 129 cm³/mol. The van der Waals surface area contributed by atoms with Crippen molar-refractivity contribution < 1.29 is 14.7 Å². The van der Waals surface area contributed by atoms with E-state index in [1.165, 1.54) is 16.8 Å². The lowest BCUT2D eigenvalue weighted by molar-refractivity contribution is -0.139. The van der Waals surface area contributed by atoms with E-state index in [1.807, 2.05) is 12.1 Å². The molecule has 1 aromatic carbocycles. The molecule has 5 N–H and O–H groups in total. The Morgan fingerprint density at radius 2 is 2.09 bits per heavy atom. The molecule has 10 heteroatoms. The zero-order chi connectivity index (χ0) is 23.5. The number of aliphatic imine (C=N–C) groups is 1. The number of rotatable bonds is 12. The molecule has 0 bridgehead atoms. The fraction of sp³-hybridized carbons (Fsp3) is 0.227. The molecule has 1 amide bonds. The number of aldehydes is 1. The number of H-pyrrole nitrogens is 1. The molecule has 1 aromatic heterocycles. The van der Waals surface area contributed by atoms with E-state index < -0.39 is 18.6 Å². The van der Waals surface area contributed by atoms with Crippen LogP contribution in [0.1, 0.15) is 16.8 Å². The average Bonchev–Trinajstić information content (AvgIpc) is 3.26. The fourth-order valence-electron chi connectivity index (χ4n) is 2.75. The Balaban J connectivity index is 2.01. The molecule has 0 radical (unpaired) electrons. The number of amides is 1. The maximum Gasteiger partial charge on any atom is 0.249 e. The van der Waals surface area contributed by atoms with Gasteiger partial charge in [0.25, 0.3) is 0 Å². The van der Waals surface area contributed by atoms with Gasteiger partial charge in [-0.05, 0) is 41.8 Å². The molecule has 170 valence electrons. The molecule has 2 aromatic rings. The van der Waals surface area contributed by atoms with E-state index in [9.17, 15) is 14.7 Å². The number of aliphatic hydroxyl groups excluding tert-OH is 1. The minimum absolute atomic E-state index is 0.165. The molecule has 0 saturated carbocycles. The van der Waals surface area contributed by atoms with Crippen molar-refractivity contribution >= 4 is 47.7 Å². The predicted octanol–water partition coefficient (Wildman–Crippen LogP) is 2.30. The molecule has 0 aliphatic rings. The molecular weight excluding hydrogens is 450 g/mol. The van der Waals surface area contributed by atoms with E-state index in [2.05, 4.69) is 21.3 Å². The van der Waals surface area contributed by atoms with Gasteiger partial charge >= 0.3 is 0 Å². The second kappa shape index (κ2) is 12.9. The molecule has 32 heavy (non-hydrogen) atoms. The normalized spacial score (nSPS) is 12.7. The summed E-state index contributed by atoms with van der Waals surface area (Å²) in [5, 5.41) is 10.6. The topological polar surface area (TPSA) is 124 Å². The fourth-order valence-corrected chi connectivity index (χ4v) is 3.53. The highest BCUT2D eigenvalue weighted by Gasteiger charge is 2.23. The number of aliphatic hydroxyl groups is 1. The lowest BCUT2D eigenvalue weighted by Gasteiger charge is -2.28. The van der Waals surface area contributed by atoms with Crippen LogP contribution < -0.4 is 10.5 Å². The summed E-state index contributed by atoms with van der Waals surface area (Å²) in [6.07, 6.45) is 4.15. The Bertz CT molecular complexity index is 988. The van der Waals surface area contributed by atoms with Crippen molar-refractivity contribution in [2.75, 3.05) is 20.2 Å². The van der Waals surface area contributed by atoms with Crippen molar-refractivity contribution in [1.29, 1.82) is 0 Å². The van der Waals surface area contributed by atoms with Gasteiger partial charge in [-0.2, -0.15) is 0 Å². The van der Waals surface area contributed by atoms with Crippen LogP contribution in [-0.4, -0.2) is 59.3 Å². The number of allylic oxidation sites excluding steroid dienone is 2. The highest BCUT2D eigenvalue weighted by atomic mass is 35.5. The quantitative estimate of drug-likeness (QED) is 0.123. The standard InChI is InChI=1S/C22H26ClN5O3S/c1-15(23)3-8-18-9-10-20(27-18)32-26-11-19(13-29)28(21(31)14-30)12-16-4-6-17(7-5-16)22(24)25-2/h3-10,13,19,26-27,30H,1,11-12,14H2,2H3,(H2,24,25)/b8-3-. The maximum absolute atomic E-state index is 12.3. The van der Waals surface area contributed by atoms with E-state index >= 15 is 0 Å². The Kier molecular flexibility index (Phi) is 10.2. The number of halogens is 1. The highest BCUT2D eigenvalue weighted by molar-refractivity contribution is 7.97. The first-order valence-corrected chi connectivity index (χ1v) is 10.9. The SMILES string of the molecule is C=C(Cl)/C=C\c1ccc(SNCC(C=O)N(Cc2ccc(C(N)=NC)cc2)C(=O)CO)[nH]1. The average molecular weight is 476 g/mol. The van der Waals surface area contributed by atoms with E-state index in [0.717, 1.165) is 21.8 Å². The maximum atomic E-state index is 12.3. The van der Waals surface area contributed by atoms with Crippen LogP contribution in [-0.2, 0) is 16.1 Å². The Morgan fingerprint density at radius 1 is 1.38 bits per heavy atom. The van der Waals surface area contributed by atoms with Gasteiger partial charge in [0, 0.05) is 36.4 Å². The number of carbonyl (C=O) groups excluding carboxylic acids is 2. The van der Waals surface area contributed by atoms with Gasteiger partial charge < -0.3 is 25.5 Å². The summed E-state index contributed by atoms with van der Waals surface area (Å²) in [5.74, 6) is -0.136. The minimum atomic E-state index is -0.766. The molecule has 1 atom stereocenters. The van der Waals surface area contributed by atoms with Gasteiger partial charge in [-0.15, -0.1) is 0 Å². The van der Waals surface area contributed by atoms with Crippen molar-refractivity contribution in [1.82, 2.24) is 14.6 Å². The van der Waals surface area contributed by atoms with Gasteiger partial charge in [-0.25, -0.2) is 0 Å². The molecule has 8 nitrogen and oxygen atoms in total. The number of aromatic amines is 1. The number of amidine groups is 1. The van der Waals surface area contributed by atoms with Gasteiger partial charge in [-0.3, -0.25) is 14.5 Å². The lowest BCUT2D eigenvalue weighted by atomic mass is 10.1. The third kappa shape index (κ3) is 7.69. The summed E-state index contributed by atoms with van der Waals surface area (Å²) in [5.41, 5.74) is 8.20. The summed E-state index contributed by atoms with van der Waals surface area (Å²) in [4.78, 5) is 32.5. The third-order valence-electron chi connectivity index (χ3n) is 4.46. The number of carbonyl (C=O) groups is 2. The number of hydrogen-bond donors (Lipinski definition) is 4. The molecular formula is C22H26ClN5O3S. The Morgan fingerprint density at radius 3 is 2.69 bits per heavy atom. The molecule has 1 unspecified atom stereocenters. The zero-order valence-electron chi connectivity index (χ0n) is 17.6. The number of benzene rings is 1. The van der Waals surface area contributed by atoms with E-state index in [-0.39, 0.29) is 13.1 Å². The van der Waals surface area contributed by atoms with Gasteiger partial charge in [0.15, 0.2) is 0 Å². The van der Waals surface area contributed by atoms with Crippen LogP contribution in [0.4, 0.5) is 0 Å². The highest BCUT2D eigenvalue weighted by Crippen LogP contribution is 2.16. The summed E-state index contributed by atoms with van der Waals surface area (Å²) in [7, 11) is 1.60. The minimum Gasteiger partial charge on any atom is -0.387 e. The zero-order valence-corrected chi connectivity index (χ0v) is 19.2. The molecule has 0 aliphatic carbocycles. The number of nitrogens with one attached hydrogen (secondary N) is 2. The Hall–Kier alpha value is -2.85. The van der Waals surface area contributed by atoms with Gasteiger partial charge in [0.2, 0.25) is 5.91 Å². The summed E-state index contributed by atoms with van der Waals surface area (Å²) in [6.45, 7) is 3.26. The number of nitrogens with zero attached hydrogens (tertiary/aromatic N) is 2. The first-order chi connectivity index (χ1) is 15.4. The third-order valence-corrected chi connectivity index (χ3v) is 5.35. The number of hydrogen-bond acceptors (Lipinski definition) is 6. The Labute approximate surface area is 196 Å². The molecule has 0 aliphatic heterocycles. The lowest BCUT2D eigenvalue weighted by Crippen LogP contribution is -2.46. The van der Waals surface area contributed by atoms with Crippen LogP contribution in [0.5, 0.6) is 0 Å². The number of aromatic nitrogens is 1. The van der Waals surface area contributed by atoms with Gasteiger partial charge in [0.05, 0.1) is 5.03 Å². The molecule has 0 saturated heterocycles. The smallest absolute Gasteiger partial charge is 0.249 e. The monoisotopic (exact) mass is 475 g/mol. The van der Waals surface area contributed by atoms with Crippen LogP contribution in [0.3, 0.4) is 0 Å². The second-order valence-electron chi connectivity index (χ2n) is 6.70. The van der Waals surface area contributed by atoms with Gasteiger partial charge in [0.1, 0.15) is 24.8 Å². The first kappa shape index (κ1) is 25.4. The van der Waals surface area contributed by atoms with E-state index in [4.69, 9.17) is 17.3 Å². The number of nitrogens with two attached hydrogens (primary N) is 1. The molecule has 2 rings (SSSR count). The van der Waals surface area contributed by atoms with Crippen LogP contribution in [0.2, 0.25) is 0 Å². The van der Waals surface area contributed by atoms with Crippen molar-refractivity contribution in [3.63, 3.8) is 0 Å². The van der Waals surface area contributed by atoms with Crippen LogP contribution in [0.15, 0.2) is 64.1 Å². The molecule has 1 heterocycles. The van der Waals surface area contributed by atoms with Crippen LogP contribution >= 0.6 is 23.5 Å². The van der Waals surface area contributed by atoms with Crippen molar-refractivity contribution in [2.45, 2.75) is 17.6 Å². The summed E-state index contributed by atoms with van der Waals surface area (Å²) < 4.78 is 3.09. The molecule has 0 fully saturated rings.